The minimum atomic E-state index is -4.48. The Labute approximate surface area is 129 Å². The molecule has 2 saturated heterocycles. The van der Waals surface area contributed by atoms with Gasteiger partial charge in [0.05, 0.1) is 12.2 Å². The molecule has 0 aliphatic carbocycles. The lowest BCUT2D eigenvalue weighted by Crippen LogP contribution is -2.66. The van der Waals surface area contributed by atoms with Gasteiger partial charge in [-0.2, -0.15) is 13.2 Å². The zero-order valence-corrected chi connectivity index (χ0v) is 12.0. The van der Waals surface area contributed by atoms with Crippen LogP contribution in [0.5, 0.6) is 0 Å². The third-order valence-electron chi connectivity index (χ3n) is 3.81. The Balaban J connectivity index is 1.60. The molecule has 2 aliphatic rings. The van der Waals surface area contributed by atoms with E-state index in [9.17, 15) is 18.0 Å². The Morgan fingerprint density at radius 3 is 2.74 bits per heavy atom. The molecule has 4 atom stereocenters. The third-order valence-corrected chi connectivity index (χ3v) is 3.81. The van der Waals surface area contributed by atoms with E-state index in [0.29, 0.717) is 6.61 Å². The first kappa shape index (κ1) is 16.0. The largest absolute Gasteiger partial charge is 0.441 e. The van der Waals surface area contributed by atoms with Crippen LogP contribution in [0, 0.1) is 0 Å². The van der Waals surface area contributed by atoms with Gasteiger partial charge >= 0.3 is 12.3 Å². The number of benzene rings is 1. The molecule has 1 amide bonds. The van der Waals surface area contributed by atoms with Crippen LogP contribution in [0.15, 0.2) is 24.3 Å². The first-order valence-corrected chi connectivity index (χ1v) is 7.06. The minimum absolute atomic E-state index is 0.00247. The lowest BCUT2D eigenvalue weighted by Gasteiger charge is -2.17. The second-order valence-electron chi connectivity index (χ2n) is 5.50. The molecule has 9 heteroatoms. The average Bonchev–Trinajstić information content (AvgIpc) is 3.03. The van der Waals surface area contributed by atoms with Crippen molar-refractivity contribution in [2.24, 2.45) is 0 Å². The number of fused-ring (bicyclic) bond motifs is 1. The summed E-state index contributed by atoms with van der Waals surface area (Å²) in [7, 11) is 0. The molecule has 126 valence electrons. The number of amides is 1. The maximum atomic E-state index is 12.6. The van der Waals surface area contributed by atoms with Crippen LogP contribution < -0.4 is 11.1 Å². The van der Waals surface area contributed by atoms with E-state index < -0.39 is 23.9 Å². The fourth-order valence-corrected chi connectivity index (χ4v) is 2.70. The monoisotopic (exact) mass is 333 g/mol. The highest BCUT2D eigenvalue weighted by molar-refractivity contribution is 5.84. The number of carbonyl (C=O) groups is 1. The summed E-state index contributed by atoms with van der Waals surface area (Å²) >= 11 is 0. The number of halogens is 3. The molecule has 0 unspecified atom stereocenters. The SMILES string of the molecule is [NH3+][C@H]1CO[C@H]2[C@@H]1OC[C@H]2OC(=O)Nc1cccc(C(F)(F)F)c1. The molecule has 0 saturated carbocycles. The second kappa shape index (κ2) is 5.99. The van der Waals surface area contributed by atoms with E-state index in [1.807, 2.05) is 0 Å². The number of carbonyl (C=O) groups excluding carboxylic acids is 1. The normalized spacial score (nSPS) is 30.1. The van der Waals surface area contributed by atoms with Crippen molar-refractivity contribution in [1.29, 1.82) is 0 Å². The number of quaternary nitrogens is 1. The summed E-state index contributed by atoms with van der Waals surface area (Å²) in [5, 5.41) is 2.28. The van der Waals surface area contributed by atoms with E-state index in [4.69, 9.17) is 14.2 Å². The van der Waals surface area contributed by atoms with Crippen LogP contribution in [0.1, 0.15) is 5.56 Å². The smallest absolute Gasteiger partial charge is 0.416 e. The molecule has 0 bridgehead atoms. The Bertz CT molecular complexity index is 596. The van der Waals surface area contributed by atoms with E-state index in [0.717, 1.165) is 12.1 Å². The predicted molar refractivity (Wildman–Crippen MR) is 71.5 cm³/mol. The summed E-state index contributed by atoms with van der Waals surface area (Å²) in [5.41, 5.74) is 3.04. The van der Waals surface area contributed by atoms with Crippen LogP contribution in [-0.2, 0) is 20.4 Å². The average molecular weight is 333 g/mol. The Morgan fingerprint density at radius 1 is 1.26 bits per heavy atom. The third kappa shape index (κ3) is 3.41. The van der Waals surface area contributed by atoms with Gasteiger partial charge in [0, 0.05) is 5.69 Å². The molecule has 4 N–H and O–H groups in total. The highest BCUT2D eigenvalue weighted by atomic mass is 19.4. The molecular weight excluding hydrogens is 317 g/mol. The zero-order valence-electron chi connectivity index (χ0n) is 12.0. The summed E-state index contributed by atoms with van der Waals surface area (Å²) < 4.78 is 54.0. The van der Waals surface area contributed by atoms with Gasteiger partial charge in [-0.1, -0.05) is 6.07 Å². The fourth-order valence-electron chi connectivity index (χ4n) is 2.70. The van der Waals surface area contributed by atoms with Gasteiger partial charge in [0.1, 0.15) is 24.9 Å². The number of ether oxygens (including phenoxy) is 3. The maximum Gasteiger partial charge on any atom is 0.416 e. The van der Waals surface area contributed by atoms with E-state index in [1.165, 1.54) is 12.1 Å². The lowest BCUT2D eigenvalue weighted by molar-refractivity contribution is -0.430. The molecule has 2 heterocycles. The predicted octanol–water partition coefficient (Wildman–Crippen LogP) is 1.03. The summed E-state index contributed by atoms with van der Waals surface area (Å²) in [4.78, 5) is 11.9. The highest BCUT2D eigenvalue weighted by Crippen LogP contribution is 2.31. The maximum absolute atomic E-state index is 12.6. The van der Waals surface area contributed by atoms with Crippen molar-refractivity contribution in [3.63, 3.8) is 0 Å². The van der Waals surface area contributed by atoms with Gasteiger partial charge in [-0.25, -0.2) is 4.79 Å². The van der Waals surface area contributed by atoms with E-state index in [2.05, 4.69) is 11.1 Å². The van der Waals surface area contributed by atoms with Crippen molar-refractivity contribution in [1.82, 2.24) is 0 Å². The molecule has 0 aromatic heterocycles. The molecule has 1 aromatic carbocycles. The minimum Gasteiger partial charge on any atom is -0.441 e. The van der Waals surface area contributed by atoms with Gasteiger partial charge in [0.2, 0.25) is 0 Å². The van der Waals surface area contributed by atoms with E-state index in [1.54, 1.807) is 0 Å². The first-order chi connectivity index (χ1) is 10.8. The van der Waals surface area contributed by atoms with Gasteiger partial charge < -0.3 is 19.9 Å². The molecule has 2 aliphatic heterocycles. The molecule has 3 rings (SSSR count). The number of anilines is 1. The van der Waals surface area contributed by atoms with Gasteiger partial charge in [0.15, 0.2) is 6.10 Å². The van der Waals surface area contributed by atoms with Gasteiger partial charge in [-0.05, 0) is 18.2 Å². The fraction of sp³-hybridized carbons (Fsp3) is 0.500. The molecular formula is C14H16F3N2O4+. The van der Waals surface area contributed by atoms with Crippen molar-refractivity contribution >= 4 is 11.8 Å². The van der Waals surface area contributed by atoms with Gasteiger partial charge in [-0.3, -0.25) is 5.32 Å². The van der Waals surface area contributed by atoms with Crippen molar-refractivity contribution in [2.45, 2.75) is 30.5 Å². The summed E-state index contributed by atoms with van der Waals surface area (Å²) in [6, 6.07) is 4.29. The Morgan fingerprint density at radius 2 is 2.00 bits per heavy atom. The molecule has 2 fully saturated rings. The summed E-state index contributed by atoms with van der Waals surface area (Å²) in [5.74, 6) is 0. The van der Waals surface area contributed by atoms with Crippen molar-refractivity contribution in [3.8, 4) is 0 Å². The Kier molecular flexibility index (Phi) is 4.17. The molecule has 0 radical (unpaired) electrons. The standard InChI is InChI=1S/C14H15F3N2O4/c15-14(16,17)7-2-1-3-8(4-7)19-13(20)23-10-6-22-11-9(18)5-21-12(10)11/h1-4,9-12H,5-6,18H2,(H,19,20)/p+1/t9-,10+,11+,12+/m0/s1. The number of rotatable bonds is 2. The summed E-state index contributed by atoms with van der Waals surface area (Å²) in [6.07, 6.45) is -6.53. The van der Waals surface area contributed by atoms with Crippen LogP contribution in [0.3, 0.4) is 0 Å². The van der Waals surface area contributed by atoms with Gasteiger partial charge in [0.25, 0.3) is 0 Å². The topological polar surface area (TPSA) is 84.4 Å². The molecule has 0 spiro atoms. The van der Waals surface area contributed by atoms with Crippen LogP contribution in [0.2, 0.25) is 0 Å². The van der Waals surface area contributed by atoms with E-state index >= 15 is 0 Å². The Hall–Kier alpha value is -1.84. The van der Waals surface area contributed by atoms with Crippen LogP contribution >= 0.6 is 0 Å². The van der Waals surface area contributed by atoms with Crippen molar-refractivity contribution < 1.29 is 37.9 Å². The van der Waals surface area contributed by atoms with Crippen molar-refractivity contribution in [3.05, 3.63) is 29.8 Å². The first-order valence-electron chi connectivity index (χ1n) is 7.06. The quantitative estimate of drug-likeness (QED) is 0.847. The van der Waals surface area contributed by atoms with Crippen molar-refractivity contribution in [2.75, 3.05) is 18.5 Å². The number of hydrogen-bond donors (Lipinski definition) is 2. The number of hydrogen-bond acceptors (Lipinski definition) is 4. The second-order valence-corrected chi connectivity index (χ2v) is 5.50. The lowest BCUT2D eigenvalue weighted by atomic mass is 10.1. The van der Waals surface area contributed by atoms with Crippen LogP contribution in [-0.4, -0.2) is 43.7 Å². The molecule has 23 heavy (non-hydrogen) atoms. The highest BCUT2D eigenvalue weighted by Gasteiger charge is 2.50. The number of alkyl halides is 3. The number of nitrogens with one attached hydrogen (secondary N) is 1. The van der Waals surface area contributed by atoms with Crippen LogP contribution in [0.4, 0.5) is 23.7 Å². The molecule has 1 aromatic rings. The van der Waals surface area contributed by atoms with Crippen LogP contribution in [0.25, 0.3) is 0 Å². The van der Waals surface area contributed by atoms with E-state index in [-0.39, 0.29) is 30.5 Å². The summed E-state index contributed by atoms with van der Waals surface area (Å²) in [6.45, 7) is 0.599. The molecule has 6 nitrogen and oxygen atoms in total. The van der Waals surface area contributed by atoms with Gasteiger partial charge in [-0.15, -0.1) is 0 Å². The zero-order chi connectivity index (χ0) is 16.6.